The van der Waals surface area contributed by atoms with Crippen LogP contribution in [0.2, 0.25) is 5.02 Å². The first-order valence-corrected chi connectivity index (χ1v) is 8.31. The standard InChI is InChI=1S/C19H13ClF3N3O2/c1-26(16-7-6-13(20)8-17(16)27)18(28)15-10-24-9-14(25-15)11-2-4-12(5-3-11)19(21,22)23/h2-10,27H,1H3. The molecule has 0 spiro atoms. The number of anilines is 1. The Hall–Kier alpha value is -3.13. The second-order valence-electron chi connectivity index (χ2n) is 5.86. The van der Waals surface area contributed by atoms with Crippen molar-refractivity contribution in [3.8, 4) is 17.0 Å². The minimum absolute atomic E-state index is 0.0331. The number of nitrogens with zero attached hydrogens (tertiary/aromatic N) is 3. The first kappa shape index (κ1) is 19.6. The van der Waals surface area contributed by atoms with Crippen LogP contribution < -0.4 is 4.90 Å². The van der Waals surface area contributed by atoms with Crippen LogP contribution in [0.5, 0.6) is 5.75 Å². The zero-order valence-corrected chi connectivity index (χ0v) is 15.2. The first-order valence-electron chi connectivity index (χ1n) is 7.93. The number of halogens is 4. The van der Waals surface area contributed by atoms with Gasteiger partial charge in [-0.2, -0.15) is 13.2 Å². The summed E-state index contributed by atoms with van der Waals surface area (Å²) in [5.74, 6) is -0.742. The van der Waals surface area contributed by atoms with E-state index >= 15 is 0 Å². The third-order valence-electron chi connectivity index (χ3n) is 3.97. The number of aromatic hydroxyl groups is 1. The molecule has 1 N–H and O–H groups in total. The van der Waals surface area contributed by atoms with Crippen LogP contribution in [-0.4, -0.2) is 28.0 Å². The van der Waals surface area contributed by atoms with Gasteiger partial charge in [0.15, 0.2) is 0 Å². The molecule has 1 heterocycles. The molecule has 28 heavy (non-hydrogen) atoms. The average molecular weight is 408 g/mol. The number of hydrogen-bond acceptors (Lipinski definition) is 4. The topological polar surface area (TPSA) is 66.3 Å². The van der Waals surface area contributed by atoms with Gasteiger partial charge in [0.25, 0.3) is 5.91 Å². The summed E-state index contributed by atoms with van der Waals surface area (Å²) in [7, 11) is 1.44. The number of hydrogen-bond donors (Lipinski definition) is 1. The highest BCUT2D eigenvalue weighted by Gasteiger charge is 2.30. The van der Waals surface area contributed by atoms with E-state index in [1.165, 1.54) is 54.7 Å². The third-order valence-corrected chi connectivity index (χ3v) is 4.20. The molecule has 0 saturated carbocycles. The maximum atomic E-state index is 12.7. The minimum Gasteiger partial charge on any atom is -0.506 e. The number of phenolic OH excluding ortho intramolecular Hbond substituents is 1. The molecule has 1 aromatic heterocycles. The summed E-state index contributed by atoms with van der Waals surface area (Å²) in [4.78, 5) is 22.0. The van der Waals surface area contributed by atoms with E-state index in [-0.39, 0.29) is 22.8 Å². The van der Waals surface area contributed by atoms with Crippen LogP contribution in [0.15, 0.2) is 54.9 Å². The van der Waals surface area contributed by atoms with Crippen molar-refractivity contribution in [3.05, 3.63) is 71.1 Å². The number of phenols is 1. The lowest BCUT2D eigenvalue weighted by molar-refractivity contribution is -0.137. The van der Waals surface area contributed by atoms with E-state index < -0.39 is 17.6 Å². The van der Waals surface area contributed by atoms with Crippen LogP contribution in [-0.2, 0) is 6.18 Å². The summed E-state index contributed by atoms with van der Waals surface area (Å²) >= 11 is 5.79. The van der Waals surface area contributed by atoms with Gasteiger partial charge in [0, 0.05) is 23.7 Å². The van der Waals surface area contributed by atoms with Gasteiger partial charge < -0.3 is 10.0 Å². The Bertz CT molecular complexity index is 1020. The smallest absolute Gasteiger partial charge is 0.416 e. The summed E-state index contributed by atoms with van der Waals surface area (Å²) in [5.41, 5.74) is 0.0280. The first-order chi connectivity index (χ1) is 13.2. The number of benzene rings is 2. The molecule has 0 radical (unpaired) electrons. The molecule has 0 bridgehead atoms. The SMILES string of the molecule is CN(C(=O)c1cncc(-c2ccc(C(F)(F)F)cc2)n1)c1ccc(Cl)cc1O. The molecule has 0 aliphatic heterocycles. The molecule has 0 aliphatic carbocycles. The van der Waals surface area contributed by atoms with E-state index in [0.29, 0.717) is 10.6 Å². The van der Waals surface area contributed by atoms with Crippen molar-refractivity contribution in [2.24, 2.45) is 0 Å². The Morgan fingerprint density at radius 3 is 2.39 bits per heavy atom. The highest BCUT2D eigenvalue weighted by molar-refractivity contribution is 6.30. The zero-order valence-electron chi connectivity index (χ0n) is 14.4. The largest absolute Gasteiger partial charge is 0.506 e. The summed E-state index contributed by atoms with van der Waals surface area (Å²) in [5, 5.41) is 10.3. The number of amides is 1. The van der Waals surface area contributed by atoms with E-state index in [1.54, 1.807) is 0 Å². The molecular formula is C19H13ClF3N3O2. The molecule has 0 aliphatic rings. The van der Waals surface area contributed by atoms with Crippen molar-refractivity contribution in [1.82, 2.24) is 9.97 Å². The second-order valence-corrected chi connectivity index (χ2v) is 6.30. The molecule has 1 amide bonds. The van der Waals surface area contributed by atoms with Gasteiger partial charge in [-0.3, -0.25) is 9.78 Å². The molecule has 0 atom stereocenters. The Kier molecular flexibility index (Phi) is 5.24. The highest BCUT2D eigenvalue weighted by Crippen LogP contribution is 2.31. The fraction of sp³-hybridized carbons (Fsp3) is 0.105. The predicted octanol–water partition coefficient (Wildman–Crippen LogP) is 4.80. The molecule has 0 unspecified atom stereocenters. The molecule has 3 rings (SSSR count). The molecule has 0 fully saturated rings. The normalized spacial score (nSPS) is 11.3. The van der Waals surface area contributed by atoms with E-state index in [0.717, 1.165) is 12.1 Å². The molecule has 9 heteroatoms. The summed E-state index contributed by atoms with van der Waals surface area (Å²) in [6.45, 7) is 0. The Morgan fingerprint density at radius 2 is 1.79 bits per heavy atom. The molecular weight excluding hydrogens is 395 g/mol. The minimum atomic E-state index is -4.44. The van der Waals surface area contributed by atoms with Gasteiger partial charge in [-0.05, 0) is 24.3 Å². The maximum Gasteiger partial charge on any atom is 0.416 e. The molecule has 3 aromatic rings. The van der Waals surface area contributed by atoms with Gasteiger partial charge in [0.2, 0.25) is 0 Å². The van der Waals surface area contributed by atoms with Gasteiger partial charge in [0.1, 0.15) is 11.4 Å². The second kappa shape index (κ2) is 7.47. The lowest BCUT2D eigenvalue weighted by Crippen LogP contribution is -2.27. The van der Waals surface area contributed by atoms with Crippen molar-refractivity contribution in [1.29, 1.82) is 0 Å². The van der Waals surface area contributed by atoms with Crippen LogP contribution in [0.4, 0.5) is 18.9 Å². The fourth-order valence-electron chi connectivity index (χ4n) is 2.50. The molecule has 0 saturated heterocycles. The predicted molar refractivity (Wildman–Crippen MR) is 98.3 cm³/mol. The van der Waals surface area contributed by atoms with E-state index in [1.807, 2.05) is 0 Å². The van der Waals surface area contributed by atoms with E-state index in [9.17, 15) is 23.1 Å². The van der Waals surface area contributed by atoms with Gasteiger partial charge >= 0.3 is 6.18 Å². The zero-order chi connectivity index (χ0) is 20.5. The lowest BCUT2D eigenvalue weighted by Gasteiger charge is -2.18. The van der Waals surface area contributed by atoms with Crippen molar-refractivity contribution < 1.29 is 23.1 Å². The van der Waals surface area contributed by atoms with Gasteiger partial charge in [-0.15, -0.1) is 0 Å². The van der Waals surface area contributed by atoms with Gasteiger partial charge in [-0.1, -0.05) is 23.7 Å². The van der Waals surface area contributed by atoms with Crippen LogP contribution in [0.25, 0.3) is 11.3 Å². The number of aromatic nitrogens is 2. The fourth-order valence-corrected chi connectivity index (χ4v) is 2.67. The average Bonchev–Trinajstić information content (AvgIpc) is 2.66. The van der Waals surface area contributed by atoms with Crippen LogP contribution >= 0.6 is 11.6 Å². The van der Waals surface area contributed by atoms with E-state index in [4.69, 9.17) is 11.6 Å². The van der Waals surface area contributed by atoms with Crippen LogP contribution in [0.1, 0.15) is 16.1 Å². The summed E-state index contributed by atoms with van der Waals surface area (Å²) < 4.78 is 38.1. The van der Waals surface area contributed by atoms with Crippen molar-refractivity contribution in [2.45, 2.75) is 6.18 Å². The van der Waals surface area contributed by atoms with Crippen LogP contribution in [0.3, 0.4) is 0 Å². The lowest BCUT2D eigenvalue weighted by atomic mass is 10.1. The summed E-state index contributed by atoms with van der Waals surface area (Å²) in [6.07, 6.45) is -1.86. The highest BCUT2D eigenvalue weighted by atomic mass is 35.5. The maximum absolute atomic E-state index is 12.7. The number of carbonyl (C=O) groups excluding carboxylic acids is 1. The number of rotatable bonds is 3. The third kappa shape index (κ3) is 4.07. The molecule has 5 nitrogen and oxygen atoms in total. The Morgan fingerprint density at radius 1 is 1.11 bits per heavy atom. The monoisotopic (exact) mass is 407 g/mol. The molecule has 144 valence electrons. The number of alkyl halides is 3. The van der Waals surface area contributed by atoms with Gasteiger partial charge in [-0.25, -0.2) is 4.98 Å². The van der Waals surface area contributed by atoms with Crippen molar-refractivity contribution in [2.75, 3.05) is 11.9 Å². The van der Waals surface area contributed by atoms with Crippen molar-refractivity contribution >= 4 is 23.2 Å². The Balaban J connectivity index is 1.89. The summed E-state index contributed by atoms with van der Waals surface area (Å²) in [6, 6.07) is 8.68. The quantitative estimate of drug-likeness (QED) is 0.677. The Labute approximate surface area is 163 Å². The number of carbonyl (C=O) groups is 1. The van der Waals surface area contributed by atoms with Gasteiger partial charge in [0.05, 0.1) is 29.3 Å². The van der Waals surface area contributed by atoms with Crippen LogP contribution in [0, 0.1) is 0 Å². The molecule has 2 aromatic carbocycles. The van der Waals surface area contributed by atoms with E-state index in [2.05, 4.69) is 9.97 Å². The van der Waals surface area contributed by atoms with Crippen molar-refractivity contribution in [3.63, 3.8) is 0 Å².